The SMILES string of the molecule is CC(C)CCC(C)(O)CNCc1coc(-c2ccccc2)n1. The third-order valence-electron chi connectivity index (χ3n) is 3.64. The molecule has 4 nitrogen and oxygen atoms in total. The Hall–Kier alpha value is -1.65. The maximum atomic E-state index is 10.3. The number of nitrogens with zero attached hydrogens (tertiary/aromatic N) is 1. The van der Waals surface area contributed by atoms with Crippen molar-refractivity contribution < 1.29 is 9.52 Å². The quantitative estimate of drug-likeness (QED) is 0.782. The average Bonchev–Trinajstić information content (AvgIpc) is 2.95. The molecule has 0 bridgehead atoms. The third kappa shape index (κ3) is 5.28. The van der Waals surface area contributed by atoms with Gasteiger partial charge in [-0.05, 0) is 37.8 Å². The highest BCUT2D eigenvalue weighted by molar-refractivity contribution is 5.52. The van der Waals surface area contributed by atoms with E-state index >= 15 is 0 Å². The predicted molar refractivity (Wildman–Crippen MR) is 88.3 cm³/mol. The Kier molecular flexibility index (Phi) is 5.75. The van der Waals surface area contributed by atoms with Gasteiger partial charge in [0.15, 0.2) is 0 Å². The average molecular weight is 302 g/mol. The van der Waals surface area contributed by atoms with Crippen LogP contribution in [0.25, 0.3) is 11.5 Å². The largest absolute Gasteiger partial charge is 0.444 e. The van der Waals surface area contributed by atoms with Crippen LogP contribution in [0.15, 0.2) is 41.0 Å². The van der Waals surface area contributed by atoms with E-state index in [1.807, 2.05) is 37.3 Å². The van der Waals surface area contributed by atoms with Crippen molar-refractivity contribution >= 4 is 0 Å². The number of nitrogens with one attached hydrogen (secondary N) is 1. The Morgan fingerprint density at radius 2 is 2.00 bits per heavy atom. The van der Waals surface area contributed by atoms with Crippen LogP contribution in [0.5, 0.6) is 0 Å². The standard InChI is InChI=1S/C18H26N2O2/c1-14(2)9-10-18(3,21)13-19-11-16-12-22-17(20-16)15-7-5-4-6-8-15/h4-8,12,14,19,21H,9-11,13H2,1-3H3. The van der Waals surface area contributed by atoms with Gasteiger partial charge in [-0.25, -0.2) is 4.98 Å². The normalized spacial score (nSPS) is 14.2. The summed E-state index contributed by atoms with van der Waals surface area (Å²) in [6, 6.07) is 9.83. The first-order chi connectivity index (χ1) is 10.5. The molecule has 0 spiro atoms. The van der Waals surface area contributed by atoms with Crippen molar-refractivity contribution in [2.24, 2.45) is 5.92 Å². The summed E-state index contributed by atoms with van der Waals surface area (Å²) in [6.45, 7) is 7.36. The van der Waals surface area contributed by atoms with Crippen molar-refractivity contribution in [1.29, 1.82) is 0 Å². The fraction of sp³-hybridized carbons (Fsp3) is 0.500. The fourth-order valence-electron chi connectivity index (χ4n) is 2.25. The summed E-state index contributed by atoms with van der Waals surface area (Å²) in [5.74, 6) is 1.24. The maximum absolute atomic E-state index is 10.3. The van der Waals surface area contributed by atoms with Crippen LogP contribution in [0, 0.1) is 5.92 Å². The van der Waals surface area contributed by atoms with Crippen molar-refractivity contribution in [2.75, 3.05) is 6.54 Å². The summed E-state index contributed by atoms with van der Waals surface area (Å²) in [5.41, 5.74) is 1.13. The van der Waals surface area contributed by atoms with Crippen LogP contribution in [0.4, 0.5) is 0 Å². The lowest BCUT2D eigenvalue weighted by Crippen LogP contribution is -2.37. The molecule has 0 saturated carbocycles. The number of hydrogen-bond acceptors (Lipinski definition) is 4. The molecule has 0 aliphatic heterocycles. The lowest BCUT2D eigenvalue weighted by atomic mass is 9.95. The number of hydrogen-bond donors (Lipinski definition) is 2. The van der Waals surface area contributed by atoms with E-state index < -0.39 is 5.60 Å². The molecule has 0 amide bonds. The maximum Gasteiger partial charge on any atom is 0.226 e. The van der Waals surface area contributed by atoms with Crippen LogP contribution in [0.3, 0.4) is 0 Å². The summed E-state index contributed by atoms with van der Waals surface area (Å²) in [5, 5.41) is 13.6. The summed E-state index contributed by atoms with van der Waals surface area (Å²) in [6.07, 6.45) is 3.49. The van der Waals surface area contributed by atoms with Gasteiger partial charge in [0.2, 0.25) is 5.89 Å². The van der Waals surface area contributed by atoms with E-state index in [9.17, 15) is 5.11 Å². The molecule has 1 aromatic heterocycles. The highest BCUT2D eigenvalue weighted by Crippen LogP contribution is 2.18. The van der Waals surface area contributed by atoms with Crippen molar-refractivity contribution in [1.82, 2.24) is 10.3 Å². The predicted octanol–water partition coefficient (Wildman–Crippen LogP) is 3.62. The van der Waals surface area contributed by atoms with E-state index in [4.69, 9.17) is 4.42 Å². The highest BCUT2D eigenvalue weighted by Gasteiger charge is 2.20. The molecule has 0 radical (unpaired) electrons. The van der Waals surface area contributed by atoms with Crippen molar-refractivity contribution in [2.45, 2.75) is 45.8 Å². The number of benzene rings is 1. The van der Waals surface area contributed by atoms with Gasteiger partial charge < -0.3 is 14.8 Å². The minimum absolute atomic E-state index is 0.549. The Morgan fingerprint density at radius 1 is 1.27 bits per heavy atom. The highest BCUT2D eigenvalue weighted by atomic mass is 16.3. The summed E-state index contributed by atoms with van der Waals surface area (Å²) in [4.78, 5) is 4.46. The lowest BCUT2D eigenvalue weighted by Gasteiger charge is -2.24. The van der Waals surface area contributed by atoms with Gasteiger partial charge in [0, 0.05) is 18.7 Å². The van der Waals surface area contributed by atoms with E-state index in [1.165, 1.54) is 0 Å². The topological polar surface area (TPSA) is 58.3 Å². The minimum atomic E-state index is -0.684. The van der Waals surface area contributed by atoms with Crippen LogP contribution in [0.1, 0.15) is 39.3 Å². The van der Waals surface area contributed by atoms with Crippen LogP contribution in [-0.2, 0) is 6.54 Å². The second kappa shape index (κ2) is 7.56. The molecule has 22 heavy (non-hydrogen) atoms. The van der Waals surface area contributed by atoms with E-state index in [0.29, 0.717) is 24.9 Å². The molecule has 1 aromatic carbocycles. The summed E-state index contributed by atoms with van der Waals surface area (Å²) >= 11 is 0. The molecule has 0 aliphatic rings. The zero-order chi connectivity index (χ0) is 16.0. The molecule has 2 aromatic rings. The van der Waals surface area contributed by atoms with Crippen LogP contribution >= 0.6 is 0 Å². The van der Waals surface area contributed by atoms with E-state index in [-0.39, 0.29) is 0 Å². The molecule has 4 heteroatoms. The molecule has 0 saturated heterocycles. The number of aliphatic hydroxyl groups is 1. The first kappa shape index (κ1) is 16.7. The first-order valence-electron chi connectivity index (χ1n) is 7.89. The molecule has 1 heterocycles. The first-order valence-corrected chi connectivity index (χ1v) is 7.89. The second-order valence-electron chi connectivity index (χ2n) is 6.54. The van der Waals surface area contributed by atoms with Crippen molar-refractivity contribution in [3.05, 3.63) is 42.3 Å². The molecule has 2 N–H and O–H groups in total. The zero-order valence-corrected chi connectivity index (χ0v) is 13.7. The Bertz CT molecular complexity index is 561. The smallest absolute Gasteiger partial charge is 0.226 e. The molecule has 1 unspecified atom stereocenters. The lowest BCUT2D eigenvalue weighted by molar-refractivity contribution is 0.0450. The molecule has 120 valence electrons. The van der Waals surface area contributed by atoms with Gasteiger partial charge >= 0.3 is 0 Å². The Labute approximate surface area is 132 Å². The number of oxazole rings is 1. The number of aromatic nitrogens is 1. The van der Waals surface area contributed by atoms with Gasteiger partial charge in [0.05, 0.1) is 11.3 Å². The Balaban J connectivity index is 1.82. The molecule has 1 atom stereocenters. The Morgan fingerprint density at radius 3 is 2.68 bits per heavy atom. The molecule has 2 rings (SSSR count). The molecular formula is C18H26N2O2. The molecular weight excluding hydrogens is 276 g/mol. The van der Waals surface area contributed by atoms with E-state index in [1.54, 1.807) is 6.26 Å². The number of rotatable bonds is 8. The van der Waals surface area contributed by atoms with E-state index in [2.05, 4.69) is 24.1 Å². The van der Waals surface area contributed by atoms with Crippen molar-refractivity contribution in [3.63, 3.8) is 0 Å². The monoisotopic (exact) mass is 302 g/mol. The summed E-state index contributed by atoms with van der Waals surface area (Å²) < 4.78 is 5.50. The van der Waals surface area contributed by atoms with Gasteiger partial charge in [-0.15, -0.1) is 0 Å². The molecule has 0 aliphatic carbocycles. The van der Waals surface area contributed by atoms with Gasteiger partial charge in [0.25, 0.3) is 0 Å². The van der Waals surface area contributed by atoms with Gasteiger partial charge in [-0.1, -0.05) is 32.0 Å². The fourth-order valence-corrected chi connectivity index (χ4v) is 2.25. The van der Waals surface area contributed by atoms with Gasteiger partial charge in [-0.2, -0.15) is 0 Å². The van der Waals surface area contributed by atoms with Crippen LogP contribution in [0.2, 0.25) is 0 Å². The second-order valence-corrected chi connectivity index (χ2v) is 6.54. The zero-order valence-electron chi connectivity index (χ0n) is 13.7. The van der Waals surface area contributed by atoms with Crippen LogP contribution < -0.4 is 5.32 Å². The van der Waals surface area contributed by atoms with Gasteiger partial charge in [0.1, 0.15) is 6.26 Å². The van der Waals surface area contributed by atoms with E-state index in [0.717, 1.165) is 24.1 Å². The van der Waals surface area contributed by atoms with Crippen LogP contribution in [-0.4, -0.2) is 22.2 Å². The summed E-state index contributed by atoms with van der Waals surface area (Å²) in [7, 11) is 0. The third-order valence-corrected chi connectivity index (χ3v) is 3.64. The van der Waals surface area contributed by atoms with Gasteiger partial charge in [-0.3, -0.25) is 0 Å². The molecule has 0 fully saturated rings. The van der Waals surface area contributed by atoms with Crippen molar-refractivity contribution in [3.8, 4) is 11.5 Å². The minimum Gasteiger partial charge on any atom is -0.444 e.